The van der Waals surface area contributed by atoms with Gasteiger partial charge in [-0.15, -0.1) is 0 Å². The number of hydrogen-bond donors (Lipinski definition) is 1. The first kappa shape index (κ1) is 12.2. The number of rotatable bonds is 5. The summed E-state index contributed by atoms with van der Waals surface area (Å²) in [6, 6.07) is 4.59. The van der Waals surface area contributed by atoms with E-state index in [1.165, 1.54) is 18.2 Å². The Morgan fingerprint density at radius 1 is 1.56 bits per heavy atom. The maximum atomic E-state index is 13.5. The van der Waals surface area contributed by atoms with Crippen LogP contribution in [0.1, 0.15) is 18.9 Å². The second-order valence-electron chi connectivity index (χ2n) is 3.19. The van der Waals surface area contributed by atoms with E-state index in [0.717, 1.165) is 0 Å². The van der Waals surface area contributed by atoms with Crippen molar-refractivity contribution < 1.29 is 13.9 Å². The molecule has 0 aliphatic rings. The summed E-state index contributed by atoms with van der Waals surface area (Å²) in [5, 5.41) is 0. The molecule has 2 N–H and O–H groups in total. The van der Waals surface area contributed by atoms with Crippen LogP contribution in [0, 0.1) is 5.82 Å². The molecule has 4 heteroatoms. The van der Waals surface area contributed by atoms with Gasteiger partial charge in [-0.05, 0) is 19.1 Å². The van der Waals surface area contributed by atoms with Crippen LogP contribution < -0.4 is 10.5 Å². The monoisotopic (exact) mass is 223 g/mol. The molecule has 0 unspecified atom stereocenters. The van der Waals surface area contributed by atoms with Gasteiger partial charge in [-0.3, -0.25) is 4.79 Å². The number of carbonyl (C=O) groups excluding carboxylic acids is 1. The summed E-state index contributed by atoms with van der Waals surface area (Å²) in [5.41, 5.74) is 5.36. The van der Waals surface area contributed by atoms with Gasteiger partial charge in [0.05, 0.1) is 6.61 Å². The van der Waals surface area contributed by atoms with Gasteiger partial charge < -0.3 is 10.5 Å². The molecule has 0 saturated heterocycles. The van der Waals surface area contributed by atoms with Crippen molar-refractivity contribution >= 4 is 12.0 Å². The maximum Gasteiger partial charge on any atom is 0.221 e. The summed E-state index contributed by atoms with van der Waals surface area (Å²) in [4.78, 5) is 10.5. The Balaban J connectivity index is 2.74. The van der Waals surface area contributed by atoms with E-state index >= 15 is 0 Å². The highest BCUT2D eigenvalue weighted by Gasteiger charge is 2.01. The maximum absolute atomic E-state index is 13.5. The van der Waals surface area contributed by atoms with Gasteiger partial charge >= 0.3 is 0 Å². The predicted molar refractivity (Wildman–Crippen MR) is 60.4 cm³/mol. The number of hydrogen-bond acceptors (Lipinski definition) is 2. The number of ether oxygens (including phenoxy) is 1. The van der Waals surface area contributed by atoms with Crippen molar-refractivity contribution in [1.82, 2.24) is 0 Å². The van der Waals surface area contributed by atoms with E-state index in [1.807, 2.05) is 6.92 Å². The van der Waals surface area contributed by atoms with E-state index in [4.69, 9.17) is 10.5 Å². The van der Waals surface area contributed by atoms with E-state index in [1.54, 1.807) is 12.1 Å². The Hall–Kier alpha value is -1.84. The second-order valence-corrected chi connectivity index (χ2v) is 3.19. The Morgan fingerprint density at radius 2 is 2.31 bits per heavy atom. The van der Waals surface area contributed by atoms with Gasteiger partial charge in [0.25, 0.3) is 0 Å². The standard InChI is InChI=1S/C12H14FNO2/c1-2-16-10-7-6-9(11(13)8-10)4-3-5-12(14)15/h3-4,6-8H,2,5H2,1H3,(H2,14,15). The van der Waals surface area contributed by atoms with Crippen molar-refractivity contribution in [3.8, 4) is 5.75 Å². The predicted octanol–water partition coefficient (Wildman–Crippen LogP) is 2.11. The Bertz CT molecular complexity index is 402. The molecule has 1 amide bonds. The largest absolute Gasteiger partial charge is 0.494 e. The smallest absolute Gasteiger partial charge is 0.221 e. The van der Waals surface area contributed by atoms with Gasteiger partial charge in [0.15, 0.2) is 0 Å². The summed E-state index contributed by atoms with van der Waals surface area (Å²) >= 11 is 0. The molecule has 0 radical (unpaired) electrons. The van der Waals surface area contributed by atoms with Crippen LogP contribution in [0.3, 0.4) is 0 Å². The lowest BCUT2D eigenvalue weighted by molar-refractivity contribution is -0.117. The van der Waals surface area contributed by atoms with Gasteiger partial charge in [0, 0.05) is 18.1 Å². The molecule has 0 spiro atoms. The van der Waals surface area contributed by atoms with Gasteiger partial charge in [-0.25, -0.2) is 4.39 Å². The lowest BCUT2D eigenvalue weighted by Gasteiger charge is -2.03. The minimum atomic E-state index is -0.442. The minimum absolute atomic E-state index is 0.104. The summed E-state index contributed by atoms with van der Waals surface area (Å²) in [5.74, 6) is -0.332. The summed E-state index contributed by atoms with van der Waals surface area (Å²) in [6.45, 7) is 2.33. The Labute approximate surface area is 93.7 Å². The fourth-order valence-electron chi connectivity index (χ4n) is 1.20. The van der Waals surface area contributed by atoms with E-state index in [2.05, 4.69) is 0 Å². The Kier molecular flexibility index (Phi) is 4.51. The van der Waals surface area contributed by atoms with Crippen LogP contribution in [0.25, 0.3) is 6.08 Å². The van der Waals surface area contributed by atoms with Gasteiger partial charge in [-0.2, -0.15) is 0 Å². The molecular formula is C12H14FNO2. The van der Waals surface area contributed by atoms with Crippen molar-refractivity contribution in [2.24, 2.45) is 5.73 Å². The number of carbonyl (C=O) groups is 1. The molecule has 1 aromatic rings. The highest BCUT2D eigenvalue weighted by Crippen LogP contribution is 2.17. The number of primary amides is 1. The molecule has 0 bridgehead atoms. The van der Waals surface area contributed by atoms with Crippen LogP contribution >= 0.6 is 0 Å². The van der Waals surface area contributed by atoms with Crippen LogP contribution in [0.15, 0.2) is 24.3 Å². The average molecular weight is 223 g/mol. The van der Waals surface area contributed by atoms with Gasteiger partial charge in [-0.1, -0.05) is 12.2 Å². The molecule has 16 heavy (non-hydrogen) atoms. The number of amides is 1. The molecule has 0 atom stereocenters. The summed E-state index contributed by atoms with van der Waals surface area (Å²) < 4.78 is 18.6. The molecule has 1 aromatic carbocycles. The number of halogens is 1. The molecule has 0 saturated carbocycles. The third kappa shape index (κ3) is 3.73. The molecule has 0 fully saturated rings. The molecule has 0 aromatic heterocycles. The molecular weight excluding hydrogens is 209 g/mol. The average Bonchev–Trinajstić information content (AvgIpc) is 2.21. The van der Waals surface area contributed by atoms with Gasteiger partial charge in [0.2, 0.25) is 5.91 Å². The summed E-state index contributed by atoms with van der Waals surface area (Å²) in [7, 11) is 0. The molecule has 0 aliphatic carbocycles. The topological polar surface area (TPSA) is 52.3 Å². The lowest BCUT2D eigenvalue weighted by Crippen LogP contribution is -2.07. The zero-order valence-corrected chi connectivity index (χ0v) is 9.07. The molecule has 0 heterocycles. The normalized spacial score (nSPS) is 10.6. The first-order valence-corrected chi connectivity index (χ1v) is 5.00. The number of benzene rings is 1. The fraction of sp³-hybridized carbons (Fsp3) is 0.250. The zero-order valence-electron chi connectivity index (χ0n) is 9.07. The van der Waals surface area contributed by atoms with Crippen molar-refractivity contribution in [2.45, 2.75) is 13.3 Å². The quantitative estimate of drug-likeness (QED) is 0.831. The lowest BCUT2D eigenvalue weighted by atomic mass is 10.2. The fourth-order valence-corrected chi connectivity index (χ4v) is 1.20. The Morgan fingerprint density at radius 3 is 2.88 bits per heavy atom. The van der Waals surface area contributed by atoms with E-state index < -0.39 is 5.91 Å². The summed E-state index contributed by atoms with van der Waals surface area (Å²) in [6.07, 6.45) is 3.16. The first-order valence-electron chi connectivity index (χ1n) is 5.00. The molecule has 0 aliphatic heterocycles. The highest BCUT2D eigenvalue weighted by molar-refractivity contribution is 5.76. The van der Waals surface area contributed by atoms with Crippen molar-refractivity contribution in [3.05, 3.63) is 35.7 Å². The third-order valence-electron chi connectivity index (χ3n) is 1.90. The van der Waals surface area contributed by atoms with Crippen LogP contribution in [0.5, 0.6) is 5.75 Å². The number of nitrogens with two attached hydrogens (primary N) is 1. The van der Waals surface area contributed by atoms with Crippen molar-refractivity contribution in [1.29, 1.82) is 0 Å². The molecule has 86 valence electrons. The first-order chi connectivity index (χ1) is 7.63. The van der Waals surface area contributed by atoms with Crippen molar-refractivity contribution in [3.63, 3.8) is 0 Å². The molecule has 3 nitrogen and oxygen atoms in total. The van der Waals surface area contributed by atoms with Crippen LogP contribution in [0.4, 0.5) is 4.39 Å². The highest BCUT2D eigenvalue weighted by atomic mass is 19.1. The van der Waals surface area contributed by atoms with E-state index in [-0.39, 0.29) is 12.2 Å². The minimum Gasteiger partial charge on any atom is -0.494 e. The van der Waals surface area contributed by atoms with Crippen LogP contribution in [-0.2, 0) is 4.79 Å². The third-order valence-corrected chi connectivity index (χ3v) is 1.90. The van der Waals surface area contributed by atoms with Crippen LogP contribution in [0.2, 0.25) is 0 Å². The SMILES string of the molecule is CCOc1ccc(C=CCC(N)=O)c(F)c1. The molecule has 1 rings (SSSR count). The van der Waals surface area contributed by atoms with E-state index in [9.17, 15) is 9.18 Å². The zero-order chi connectivity index (χ0) is 12.0. The van der Waals surface area contributed by atoms with Crippen molar-refractivity contribution in [2.75, 3.05) is 6.61 Å². The van der Waals surface area contributed by atoms with Gasteiger partial charge in [0.1, 0.15) is 11.6 Å². The van der Waals surface area contributed by atoms with Crippen LogP contribution in [-0.4, -0.2) is 12.5 Å². The second kappa shape index (κ2) is 5.90. The van der Waals surface area contributed by atoms with E-state index in [0.29, 0.717) is 17.9 Å².